The first-order chi connectivity index (χ1) is 25.0. The van der Waals surface area contributed by atoms with E-state index in [0.29, 0.717) is 23.0 Å². The van der Waals surface area contributed by atoms with Crippen LogP contribution in [0.3, 0.4) is 0 Å². The molecule has 4 N–H and O–H groups in total. The van der Waals surface area contributed by atoms with Crippen LogP contribution >= 0.6 is 21.6 Å². The van der Waals surface area contributed by atoms with Crippen molar-refractivity contribution in [2.24, 2.45) is 0 Å². The van der Waals surface area contributed by atoms with Gasteiger partial charge in [0, 0.05) is 46.8 Å². The Balaban J connectivity index is 1.07. The zero-order valence-corrected chi connectivity index (χ0v) is 31.4. The lowest BCUT2D eigenvalue weighted by Crippen LogP contribution is -2.37. The average molecular weight is 743 g/mol. The number of carbonyl (C=O) groups excluding carboxylic acids is 1. The van der Waals surface area contributed by atoms with Crippen molar-refractivity contribution < 1.29 is 18.9 Å². The number of ether oxygens (including phenoxy) is 1. The van der Waals surface area contributed by atoms with Crippen LogP contribution in [0.25, 0.3) is 11.0 Å². The molecule has 1 atom stereocenters. The van der Waals surface area contributed by atoms with Crippen LogP contribution in [-0.2, 0) is 24.2 Å². The van der Waals surface area contributed by atoms with Gasteiger partial charge in [0.05, 0.1) is 24.5 Å². The normalized spacial score (nSPS) is 12.0. The van der Waals surface area contributed by atoms with Gasteiger partial charge in [-0.15, -0.1) is 0 Å². The first kappa shape index (κ1) is 38.2. The number of hydrogen-bond donors (Lipinski definition) is 3. The first-order valence-electron chi connectivity index (χ1n) is 17.0. The van der Waals surface area contributed by atoms with E-state index in [1.807, 2.05) is 43.3 Å². The Morgan fingerprint density at radius 3 is 2.31 bits per heavy atom. The van der Waals surface area contributed by atoms with E-state index in [2.05, 4.69) is 70.9 Å². The van der Waals surface area contributed by atoms with E-state index >= 15 is 0 Å². The van der Waals surface area contributed by atoms with E-state index in [4.69, 9.17) is 15.5 Å². The summed E-state index contributed by atoms with van der Waals surface area (Å²) in [6.45, 7) is 6.74. The van der Waals surface area contributed by atoms with Crippen molar-refractivity contribution in [2.45, 2.75) is 56.5 Å². The van der Waals surface area contributed by atoms with Gasteiger partial charge in [-0.1, -0.05) is 60.5 Å². The van der Waals surface area contributed by atoms with E-state index < -0.39 is 11.0 Å². The lowest BCUT2D eigenvalue weighted by atomic mass is 10.1. The maximum Gasteiger partial charge on any atom is 0.411 e. The highest BCUT2D eigenvalue weighted by Gasteiger charge is 2.18. The Kier molecular flexibility index (Phi) is 13.2. The molecule has 5 rings (SSSR count). The number of benzene rings is 2. The molecule has 13 nitrogen and oxygen atoms in total. The molecule has 3 aromatic heterocycles. The molecule has 0 radical (unpaired) electrons. The zero-order valence-electron chi connectivity index (χ0n) is 29.7. The predicted octanol–water partition coefficient (Wildman–Crippen LogP) is 7.87. The average Bonchev–Trinajstić information content (AvgIpc) is 3.11. The monoisotopic (exact) mass is 742 g/mol. The van der Waals surface area contributed by atoms with Crippen molar-refractivity contribution in [3.05, 3.63) is 111 Å². The number of pyridine rings is 2. The maximum absolute atomic E-state index is 12.4. The number of nitrogen functional groups attached to an aromatic ring is 1. The maximum atomic E-state index is 12.4. The van der Waals surface area contributed by atoms with Gasteiger partial charge in [-0.2, -0.15) is 4.98 Å². The van der Waals surface area contributed by atoms with Crippen LogP contribution in [-0.4, -0.2) is 67.9 Å². The SMILES string of the molecule is CCCCNc1nc(N)nc2ccc(Cc3ccc(C[N+](C)(C)Cc4ccc(NC(=O)OC[C@@H](C)SSc5ccc([N+](=O)[O-])cn5)cc4)cc3)nc12. The van der Waals surface area contributed by atoms with Crippen LogP contribution in [0.2, 0.25) is 0 Å². The van der Waals surface area contributed by atoms with Gasteiger partial charge in [0.15, 0.2) is 5.82 Å². The van der Waals surface area contributed by atoms with Gasteiger partial charge < -0.3 is 20.3 Å². The number of quaternary nitrogens is 1. The molecule has 0 spiro atoms. The number of nitrogens with two attached hydrogens (primary N) is 1. The summed E-state index contributed by atoms with van der Waals surface area (Å²) >= 11 is 0. The highest BCUT2D eigenvalue weighted by Crippen LogP contribution is 2.33. The summed E-state index contributed by atoms with van der Waals surface area (Å²) in [6.07, 6.45) is 3.51. The third-order valence-electron chi connectivity index (χ3n) is 7.95. The fraction of sp³-hybridized carbons (Fsp3) is 0.324. The van der Waals surface area contributed by atoms with Crippen molar-refractivity contribution in [1.82, 2.24) is 19.9 Å². The first-order valence-corrected chi connectivity index (χ1v) is 19.2. The molecule has 0 saturated carbocycles. The molecule has 0 saturated heterocycles. The van der Waals surface area contributed by atoms with Gasteiger partial charge >= 0.3 is 6.09 Å². The summed E-state index contributed by atoms with van der Waals surface area (Å²) in [7, 11) is 7.25. The van der Waals surface area contributed by atoms with Crippen LogP contribution in [0.1, 0.15) is 49.1 Å². The molecule has 52 heavy (non-hydrogen) atoms. The number of unbranched alkanes of at least 4 members (excludes halogenated alkanes) is 1. The predicted molar refractivity (Wildman–Crippen MR) is 209 cm³/mol. The van der Waals surface area contributed by atoms with Crippen LogP contribution < -0.4 is 16.4 Å². The summed E-state index contributed by atoms with van der Waals surface area (Å²) in [5, 5.41) is 17.6. The number of amides is 1. The molecule has 1 amide bonds. The number of rotatable bonds is 17. The summed E-state index contributed by atoms with van der Waals surface area (Å²) in [6, 6.07) is 23.4. The highest BCUT2D eigenvalue weighted by molar-refractivity contribution is 8.76. The third-order valence-corrected chi connectivity index (χ3v) is 10.7. The number of aromatic nitrogens is 4. The Morgan fingerprint density at radius 2 is 1.65 bits per heavy atom. The highest BCUT2D eigenvalue weighted by atomic mass is 33.1. The molecule has 0 unspecified atom stereocenters. The minimum atomic E-state index is -0.530. The summed E-state index contributed by atoms with van der Waals surface area (Å²) < 4.78 is 6.15. The molecule has 15 heteroatoms. The second-order valence-electron chi connectivity index (χ2n) is 13.1. The molecule has 0 aliphatic carbocycles. The van der Waals surface area contributed by atoms with Crippen LogP contribution in [0.5, 0.6) is 0 Å². The zero-order chi connectivity index (χ0) is 37.1. The van der Waals surface area contributed by atoms with Gasteiger partial charge in [0.25, 0.3) is 5.69 Å². The summed E-state index contributed by atoms with van der Waals surface area (Å²) in [5.41, 5.74) is 12.5. The molecular formula is C37H44N9O4S2+. The second-order valence-corrected chi connectivity index (χ2v) is 15.8. The van der Waals surface area contributed by atoms with Crippen molar-refractivity contribution in [3.63, 3.8) is 0 Å². The fourth-order valence-electron chi connectivity index (χ4n) is 5.42. The van der Waals surface area contributed by atoms with E-state index in [1.165, 1.54) is 45.0 Å². The quantitative estimate of drug-likeness (QED) is 0.0277. The molecule has 0 bridgehead atoms. The van der Waals surface area contributed by atoms with Gasteiger partial charge in [-0.05, 0) is 60.0 Å². The number of nitro groups is 1. The summed E-state index contributed by atoms with van der Waals surface area (Å²) in [4.78, 5) is 40.4. The minimum absolute atomic E-state index is 0.0182. The Morgan fingerprint density at radius 1 is 0.962 bits per heavy atom. The molecule has 2 aromatic carbocycles. The number of nitrogens with one attached hydrogen (secondary N) is 2. The largest absolute Gasteiger partial charge is 0.448 e. The molecule has 0 aliphatic heterocycles. The molecule has 272 valence electrons. The van der Waals surface area contributed by atoms with Crippen molar-refractivity contribution in [1.29, 1.82) is 0 Å². The Labute approximate surface area is 311 Å². The van der Waals surface area contributed by atoms with Gasteiger partial charge in [0.1, 0.15) is 36.4 Å². The van der Waals surface area contributed by atoms with Gasteiger partial charge in [0.2, 0.25) is 5.95 Å². The smallest absolute Gasteiger partial charge is 0.411 e. The van der Waals surface area contributed by atoms with Crippen LogP contribution in [0.4, 0.5) is 27.9 Å². The molecule has 0 fully saturated rings. The number of hydrogen-bond acceptors (Lipinski definition) is 12. The van der Waals surface area contributed by atoms with Crippen LogP contribution in [0, 0.1) is 10.1 Å². The Bertz CT molecular complexity index is 1960. The van der Waals surface area contributed by atoms with Gasteiger partial charge in [-0.3, -0.25) is 15.4 Å². The number of carbonyl (C=O) groups is 1. The third kappa shape index (κ3) is 11.5. The summed E-state index contributed by atoms with van der Waals surface area (Å²) in [5.74, 6) is 0.912. The topological polar surface area (TPSA) is 171 Å². The van der Waals surface area contributed by atoms with Gasteiger partial charge in [-0.25, -0.2) is 19.7 Å². The van der Waals surface area contributed by atoms with Crippen molar-refractivity contribution in [3.8, 4) is 0 Å². The Hall–Kier alpha value is -4.99. The van der Waals surface area contributed by atoms with Crippen LogP contribution in [0.15, 0.2) is 84.0 Å². The fourth-order valence-corrected chi connectivity index (χ4v) is 7.28. The van der Waals surface area contributed by atoms with E-state index in [1.54, 1.807) is 6.07 Å². The standard InChI is InChI=1S/C37H43N9O4S2/c1-5-6-19-39-35-34-32(43-36(38)44-35)17-15-30(41-34)20-26-7-9-27(10-8-26)22-46(3,4)23-28-11-13-29(14-12-28)42-37(47)50-24-25(2)51-52-33-18-16-31(21-40-33)45(48)49/h7-18,21,25H,5-6,19-20,22-24H2,1-4H3,(H3-,38,39,42,43,44,47)/p+1/t25-/m1/s1. The van der Waals surface area contributed by atoms with E-state index in [-0.39, 0.29) is 23.5 Å². The number of fused-ring (bicyclic) bond motifs is 1. The lowest BCUT2D eigenvalue weighted by molar-refractivity contribution is -0.916. The second kappa shape index (κ2) is 18.0. The van der Waals surface area contributed by atoms with E-state index in [9.17, 15) is 14.9 Å². The van der Waals surface area contributed by atoms with Crippen molar-refractivity contribution >= 4 is 61.9 Å². The van der Waals surface area contributed by atoms with Crippen molar-refractivity contribution in [2.75, 3.05) is 43.6 Å². The lowest BCUT2D eigenvalue weighted by Gasteiger charge is -2.30. The molecule has 5 aromatic rings. The molecule has 0 aliphatic rings. The molecular weight excluding hydrogens is 699 g/mol. The minimum Gasteiger partial charge on any atom is -0.448 e. The number of nitrogens with zero attached hydrogens (tertiary/aromatic N) is 6. The number of anilines is 3. The van der Waals surface area contributed by atoms with E-state index in [0.717, 1.165) is 59.2 Å². The molecule has 3 heterocycles.